The van der Waals surface area contributed by atoms with Crippen molar-refractivity contribution in [1.29, 1.82) is 0 Å². The average Bonchev–Trinajstić information content (AvgIpc) is 2.71. The van der Waals surface area contributed by atoms with Gasteiger partial charge in [-0.3, -0.25) is 9.48 Å². The number of amides is 1. The highest BCUT2D eigenvalue weighted by molar-refractivity contribution is 5.94. The monoisotopic (exact) mass is 275 g/mol. The van der Waals surface area contributed by atoms with E-state index in [1.165, 1.54) is 0 Å². The number of hydrogen-bond donors (Lipinski definition) is 2. The summed E-state index contributed by atoms with van der Waals surface area (Å²) in [6, 6.07) is 2.24. The minimum Gasteiger partial charge on any atom is -0.324 e. The number of aromatic nitrogens is 3. The lowest BCUT2D eigenvalue weighted by molar-refractivity contribution is -0.115. The summed E-state index contributed by atoms with van der Waals surface area (Å²) in [4.78, 5) is 16.2. The van der Waals surface area contributed by atoms with Gasteiger partial charge in [0.15, 0.2) is 5.65 Å². The molecule has 0 radical (unpaired) electrons. The molecule has 0 aliphatic heterocycles. The van der Waals surface area contributed by atoms with E-state index in [9.17, 15) is 4.79 Å². The Bertz CT molecular complexity index is 619. The molecule has 0 bridgehead atoms. The van der Waals surface area contributed by atoms with Gasteiger partial charge in [-0.2, -0.15) is 5.10 Å². The molecule has 2 aromatic heterocycles. The van der Waals surface area contributed by atoms with Crippen molar-refractivity contribution in [2.24, 2.45) is 7.05 Å². The molecule has 108 valence electrons. The van der Waals surface area contributed by atoms with Crippen LogP contribution in [0.2, 0.25) is 0 Å². The fourth-order valence-electron chi connectivity index (χ4n) is 1.99. The molecule has 2 heterocycles. The van der Waals surface area contributed by atoms with Gasteiger partial charge in [-0.1, -0.05) is 6.92 Å². The molecule has 1 atom stereocenters. The summed E-state index contributed by atoms with van der Waals surface area (Å²) in [6.45, 7) is 6.37. The molecule has 6 nitrogen and oxygen atoms in total. The number of fused-ring (bicyclic) bond motifs is 1. The molecule has 0 saturated heterocycles. The minimum atomic E-state index is -0.0620. The van der Waals surface area contributed by atoms with Gasteiger partial charge in [0.2, 0.25) is 5.91 Å². The third kappa shape index (κ3) is 3.14. The summed E-state index contributed by atoms with van der Waals surface area (Å²) in [6.07, 6.45) is 2.65. The summed E-state index contributed by atoms with van der Waals surface area (Å²) < 4.78 is 1.74. The summed E-state index contributed by atoms with van der Waals surface area (Å²) in [5.41, 5.74) is 2.42. The maximum Gasteiger partial charge on any atom is 0.238 e. The second-order valence-electron chi connectivity index (χ2n) is 5.04. The van der Waals surface area contributed by atoms with Crippen LogP contribution in [0, 0.1) is 6.92 Å². The van der Waals surface area contributed by atoms with Gasteiger partial charge in [0.1, 0.15) is 0 Å². The fourth-order valence-corrected chi connectivity index (χ4v) is 1.99. The van der Waals surface area contributed by atoms with Crippen LogP contribution in [0.25, 0.3) is 11.0 Å². The van der Waals surface area contributed by atoms with Crippen LogP contribution >= 0.6 is 0 Å². The first-order valence-electron chi connectivity index (χ1n) is 6.83. The zero-order valence-electron chi connectivity index (χ0n) is 12.4. The molecule has 20 heavy (non-hydrogen) atoms. The van der Waals surface area contributed by atoms with Crippen LogP contribution in [-0.2, 0) is 11.8 Å². The third-order valence-corrected chi connectivity index (χ3v) is 3.37. The highest BCUT2D eigenvalue weighted by Crippen LogP contribution is 2.18. The van der Waals surface area contributed by atoms with Crippen molar-refractivity contribution >= 4 is 22.6 Å². The van der Waals surface area contributed by atoms with Gasteiger partial charge in [-0.15, -0.1) is 0 Å². The fraction of sp³-hybridized carbons (Fsp3) is 0.500. The van der Waals surface area contributed by atoms with Crippen molar-refractivity contribution in [1.82, 2.24) is 20.1 Å². The highest BCUT2D eigenvalue weighted by Gasteiger charge is 2.09. The predicted octanol–water partition coefficient (Wildman–Crippen LogP) is 1.60. The lowest BCUT2D eigenvalue weighted by Gasteiger charge is -2.11. The molecule has 0 aliphatic carbocycles. The maximum atomic E-state index is 11.8. The van der Waals surface area contributed by atoms with Gasteiger partial charge in [0, 0.05) is 18.5 Å². The quantitative estimate of drug-likeness (QED) is 0.869. The number of pyridine rings is 1. The number of hydrogen-bond acceptors (Lipinski definition) is 4. The van der Waals surface area contributed by atoms with Gasteiger partial charge in [0.05, 0.1) is 24.1 Å². The molecule has 1 unspecified atom stereocenters. The minimum absolute atomic E-state index is 0.0620. The largest absolute Gasteiger partial charge is 0.324 e. The number of carbonyl (C=O) groups excluding carboxylic acids is 1. The Morgan fingerprint density at radius 2 is 2.25 bits per heavy atom. The number of anilines is 1. The molecular formula is C14H21N5O. The Kier molecular flexibility index (Phi) is 4.34. The van der Waals surface area contributed by atoms with E-state index in [2.05, 4.69) is 34.6 Å². The van der Waals surface area contributed by atoms with E-state index in [1.54, 1.807) is 10.9 Å². The first-order valence-corrected chi connectivity index (χ1v) is 6.83. The van der Waals surface area contributed by atoms with Crippen molar-refractivity contribution in [3.63, 3.8) is 0 Å². The van der Waals surface area contributed by atoms with Crippen molar-refractivity contribution in [3.8, 4) is 0 Å². The Balaban J connectivity index is 2.06. The molecule has 0 fully saturated rings. The van der Waals surface area contributed by atoms with Crippen LogP contribution in [0.3, 0.4) is 0 Å². The summed E-state index contributed by atoms with van der Waals surface area (Å²) in [5.74, 6) is -0.0620. The Labute approximate surface area is 118 Å². The smallest absolute Gasteiger partial charge is 0.238 e. The summed E-state index contributed by atoms with van der Waals surface area (Å²) in [5, 5.41) is 11.3. The van der Waals surface area contributed by atoms with Crippen molar-refractivity contribution in [2.45, 2.75) is 33.2 Å². The molecular weight excluding hydrogens is 254 g/mol. The molecule has 0 spiro atoms. The standard InChI is InChI=1S/C14H21N5O/c1-5-9(2)15-8-13(20)17-11-6-12-10(3)18-19(4)14(12)16-7-11/h6-7,9,15H,5,8H2,1-4H3,(H,17,20). The number of rotatable bonds is 5. The Hall–Kier alpha value is -1.95. The van der Waals surface area contributed by atoms with E-state index in [0.717, 1.165) is 23.1 Å². The molecule has 2 rings (SSSR count). The molecule has 1 amide bonds. The van der Waals surface area contributed by atoms with Crippen molar-refractivity contribution in [2.75, 3.05) is 11.9 Å². The van der Waals surface area contributed by atoms with Crippen LogP contribution in [0.15, 0.2) is 12.3 Å². The number of nitrogens with one attached hydrogen (secondary N) is 2. The molecule has 0 aromatic carbocycles. The zero-order valence-corrected chi connectivity index (χ0v) is 12.4. The zero-order chi connectivity index (χ0) is 14.7. The van der Waals surface area contributed by atoms with E-state index in [0.29, 0.717) is 18.3 Å². The SMILES string of the molecule is CCC(C)NCC(=O)Nc1cnc2c(c1)c(C)nn2C. The molecule has 0 aliphatic rings. The number of aryl methyl sites for hydroxylation is 2. The molecule has 0 saturated carbocycles. The predicted molar refractivity (Wildman–Crippen MR) is 79.6 cm³/mol. The van der Waals surface area contributed by atoms with Gasteiger partial charge in [-0.25, -0.2) is 4.98 Å². The van der Waals surface area contributed by atoms with Crippen LogP contribution in [0.4, 0.5) is 5.69 Å². The second-order valence-corrected chi connectivity index (χ2v) is 5.04. The first-order chi connectivity index (χ1) is 9.51. The van der Waals surface area contributed by atoms with E-state index < -0.39 is 0 Å². The Morgan fingerprint density at radius 1 is 1.50 bits per heavy atom. The number of carbonyl (C=O) groups is 1. The summed E-state index contributed by atoms with van der Waals surface area (Å²) in [7, 11) is 1.86. The lowest BCUT2D eigenvalue weighted by Crippen LogP contribution is -2.33. The Morgan fingerprint density at radius 3 is 2.95 bits per heavy atom. The van der Waals surface area contributed by atoms with Gasteiger partial charge < -0.3 is 10.6 Å². The van der Waals surface area contributed by atoms with Gasteiger partial charge in [-0.05, 0) is 26.3 Å². The molecule has 6 heteroatoms. The van der Waals surface area contributed by atoms with Crippen molar-refractivity contribution < 1.29 is 4.79 Å². The van der Waals surface area contributed by atoms with Crippen LogP contribution in [-0.4, -0.2) is 33.3 Å². The number of nitrogens with zero attached hydrogens (tertiary/aromatic N) is 3. The normalized spacial score (nSPS) is 12.6. The van der Waals surface area contributed by atoms with E-state index in [1.807, 2.05) is 20.0 Å². The van der Waals surface area contributed by atoms with E-state index in [4.69, 9.17) is 0 Å². The van der Waals surface area contributed by atoms with E-state index >= 15 is 0 Å². The van der Waals surface area contributed by atoms with Crippen LogP contribution in [0.1, 0.15) is 26.0 Å². The first kappa shape index (κ1) is 14.5. The topological polar surface area (TPSA) is 71.8 Å². The average molecular weight is 275 g/mol. The van der Waals surface area contributed by atoms with Gasteiger partial charge >= 0.3 is 0 Å². The van der Waals surface area contributed by atoms with Crippen LogP contribution < -0.4 is 10.6 Å². The third-order valence-electron chi connectivity index (χ3n) is 3.37. The molecule has 2 aromatic rings. The maximum absolute atomic E-state index is 11.8. The summed E-state index contributed by atoms with van der Waals surface area (Å²) >= 11 is 0. The molecule has 2 N–H and O–H groups in total. The second kappa shape index (κ2) is 6.00. The lowest BCUT2D eigenvalue weighted by atomic mass is 10.2. The van der Waals surface area contributed by atoms with Crippen molar-refractivity contribution in [3.05, 3.63) is 18.0 Å². The van der Waals surface area contributed by atoms with Crippen LogP contribution in [0.5, 0.6) is 0 Å². The van der Waals surface area contributed by atoms with E-state index in [-0.39, 0.29) is 5.91 Å². The van der Waals surface area contributed by atoms with Gasteiger partial charge in [0.25, 0.3) is 0 Å². The highest BCUT2D eigenvalue weighted by atomic mass is 16.1.